The summed E-state index contributed by atoms with van der Waals surface area (Å²) in [5.74, 6) is 0.757. The van der Waals surface area contributed by atoms with Crippen LogP contribution in [-0.4, -0.2) is 18.3 Å². The molecule has 1 atom stereocenters. The number of alkyl halides is 1. The summed E-state index contributed by atoms with van der Waals surface area (Å²) in [6, 6.07) is 12.0. The average molecular weight is 263 g/mol. The normalized spacial score (nSPS) is 12.4. The molecule has 0 aliphatic rings. The van der Waals surface area contributed by atoms with Crippen LogP contribution in [0, 0.1) is 0 Å². The number of fused-ring (bicyclic) bond motifs is 1. The summed E-state index contributed by atoms with van der Waals surface area (Å²) in [6.45, 7) is 1.51. The highest BCUT2D eigenvalue weighted by atomic mass is 35.5. The number of ether oxygens (including phenoxy) is 1. The zero-order chi connectivity index (χ0) is 13.1. The van der Waals surface area contributed by atoms with Crippen molar-refractivity contribution in [3.8, 4) is 5.75 Å². The molecule has 0 fully saturated rings. The van der Waals surface area contributed by atoms with Gasteiger partial charge in [0.05, 0.1) is 12.5 Å². The van der Waals surface area contributed by atoms with E-state index in [4.69, 9.17) is 16.3 Å². The van der Waals surface area contributed by atoms with Gasteiger partial charge < -0.3 is 4.74 Å². The number of rotatable bonds is 4. The number of halogens is 1. The molecule has 2 nitrogen and oxygen atoms in total. The zero-order valence-corrected chi connectivity index (χ0v) is 11.2. The van der Waals surface area contributed by atoms with Gasteiger partial charge >= 0.3 is 0 Å². The van der Waals surface area contributed by atoms with Gasteiger partial charge in [0.25, 0.3) is 0 Å². The summed E-state index contributed by atoms with van der Waals surface area (Å²) in [4.78, 5) is 11.3. The molecule has 0 heterocycles. The summed E-state index contributed by atoms with van der Waals surface area (Å²) in [7, 11) is 1.63. The second kappa shape index (κ2) is 5.40. The maximum Gasteiger partial charge on any atom is 0.147 e. The molecule has 0 bridgehead atoms. The van der Waals surface area contributed by atoms with Gasteiger partial charge in [-0.15, -0.1) is 11.6 Å². The maximum atomic E-state index is 11.3. The van der Waals surface area contributed by atoms with Gasteiger partial charge in [-0.3, -0.25) is 4.79 Å². The van der Waals surface area contributed by atoms with Crippen LogP contribution in [0.2, 0.25) is 0 Å². The van der Waals surface area contributed by atoms with E-state index >= 15 is 0 Å². The summed E-state index contributed by atoms with van der Waals surface area (Å²) in [6.07, 6.45) is 0.488. The molecule has 0 aliphatic heterocycles. The fourth-order valence-corrected chi connectivity index (χ4v) is 2.19. The number of hydrogen-bond donors (Lipinski definition) is 0. The number of hydrogen-bond acceptors (Lipinski definition) is 2. The highest BCUT2D eigenvalue weighted by molar-refractivity contribution is 6.31. The first kappa shape index (κ1) is 12.9. The van der Waals surface area contributed by atoms with E-state index in [0.717, 1.165) is 22.1 Å². The molecule has 2 rings (SSSR count). The van der Waals surface area contributed by atoms with Crippen molar-refractivity contribution < 1.29 is 9.53 Å². The van der Waals surface area contributed by atoms with Crippen LogP contribution in [0.4, 0.5) is 0 Å². The SMILES string of the molecule is COc1ccc2ccccc2c1CC(Cl)C(C)=O. The molecule has 0 saturated carbocycles. The Balaban J connectivity index is 2.54. The average Bonchev–Trinajstić information content (AvgIpc) is 2.39. The Morgan fingerprint density at radius 3 is 2.67 bits per heavy atom. The molecule has 1 unspecified atom stereocenters. The van der Waals surface area contributed by atoms with E-state index < -0.39 is 5.38 Å². The molecule has 3 heteroatoms. The van der Waals surface area contributed by atoms with Crippen molar-refractivity contribution in [2.75, 3.05) is 7.11 Å². The first-order valence-electron chi connectivity index (χ1n) is 5.82. The highest BCUT2D eigenvalue weighted by Gasteiger charge is 2.16. The van der Waals surface area contributed by atoms with Crippen LogP contribution in [0.15, 0.2) is 36.4 Å². The predicted octanol–water partition coefficient (Wildman–Crippen LogP) is 3.59. The Morgan fingerprint density at radius 1 is 1.28 bits per heavy atom. The van der Waals surface area contributed by atoms with Crippen LogP contribution in [0.25, 0.3) is 10.8 Å². The van der Waals surface area contributed by atoms with Crippen molar-refractivity contribution in [2.45, 2.75) is 18.7 Å². The van der Waals surface area contributed by atoms with Gasteiger partial charge in [0, 0.05) is 12.0 Å². The van der Waals surface area contributed by atoms with E-state index in [2.05, 4.69) is 0 Å². The molecule has 0 N–H and O–H groups in total. The smallest absolute Gasteiger partial charge is 0.147 e. The third kappa shape index (κ3) is 2.49. The number of Topliss-reactive ketones (excluding diaryl/α,β-unsaturated/α-hetero) is 1. The van der Waals surface area contributed by atoms with Crippen LogP contribution in [-0.2, 0) is 11.2 Å². The molecule has 0 aromatic heterocycles. The Hall–Kier alpha value is -1.54. The second-order valence-electron chi connectivity index (χ2n) is 4.25. The lowest BCUT2D eigenvalue weighted by atomic mass is 9.98. The lowest BCUT2D eigenvalue weighted by Crippen LogP contribution is -2.14. The molecule has 0 amide bonds. The quantitative estimate of drug-likeness (QED) is 0.787. The maximum absolute atomic E-state index is 11.3. The summed E-state index contributed by atoms with van der Waals surface area (Å²) in [5, 5.41) is 1.70. The highest BCUT2D eigenvalue weighted by Crippen LogP contribution is 2.30. The third-order valence-corrected chi connectivity index (χ3v) is 3.50. The number of benzene rings is 2. The first-order valence-corrected chi connectivity index (χ1v) is 6.26. The van der Waals surface area contributed by atoms with Crippen molar-refractivity contribution in [3.63, 3.8) is 0 Å². The van der Waals surface area contributed by atoms with Crippen molar-refractivity contribution in [2.24, 2.45) is 0 Å². The molecular formula is C15H15ClO2. The molecular weight excluding hydrogens is 248 g/mol. The van der Waals surface area contributed by atoms with E-state index in [0.29, 0.717) is 6.42 Å². The Bertz CT molecular complexity index is 578. The minimum absolute atomic E-state index is 0.0216. The minimum atomic E-state index is -0.510. The number of carbonyl (C=O) groups excluding carboxylic acids is 1. The number of ketones is 1. The molecule has 0 aliphatic carbocycles. The molecule has 94 valence electrons. The molecule has 0 spiro atoms. The van der Waals surface area contributed by atoms with Gasteiger partial charge in [-0.2, -0.15) is 0 Å². The van der Waals surface area contributed by atoms with E-state index in [9.17, 15) is 4.79 Å². The molecule has 2 aromatic rings. The van der Waals surface area contributed by atoms with Crippen LogP contribution < -0.4 is 4.74 Å². The van der Waals surface area contributed by atoms with Gasteiger partial charge in [-0.1, -0.05) is 30.3 Å². The molecule has 0 radical (unpaired) electrons. The Labute approximate surface area is 112 Å². The topological polar surface area (TPSA) is 26.3 Å². The van der Waals surface area contributed by atoms with Gasteiger partial charge in [0.1, 0.15) is 11.5 Å². The lowest BCUT2D eigenvalue weighted by Gasteiger charge is -2.13. The number of carbonyl (C=O) groups is 1. The lowest BCUT2D eigenvalue weighted by molar-refractivity contribution is -0.116. The fraction of sp³-hybridized carbons (Fsp3) is 0.267. The van der Waals surface area contributed by atoms with E-state index in [1.54, 1.807) is 7.11 Å². The van der Waals surface area contributed by atoms with Gasteiger partial charge in [-0.05, 0) is 23.8 Å². The van der Waals surface area contributed by atoms with Crippen molar-refractivity contribution in [1.82, 2.24) is 0 Å². The molecule has 18 heavy (non-hydrogen) atoms. The summed E-state index contributed by atoms with van der Waals surface area (Å²) < 4.78 is 5.36. The van der Waals surface area contributed by atoms with Crippen molar-refractivity contribution >= 4 is 28.2 Å². The molecule has 0 saturated heterocycles. The second-order valence-corrected chi connectivity index (χ2v) is 4.78. The molecule has 2 aromatic carbocycles. The van der Waals surface area contributed by atoms with Gasteiger partial charge in [0.2, 0.25) is 0 Å². The van der Waals surface area contributed by atoms with E-state index in [-0.39, 0.29) is 5.78 Å². The first-order chi connectivity index (χ1) is 8.63. The summed E-state index contributed by atoms with van der Waals surface area (Å²) >= 11 is 6.07. The van der Waals surface area contributed by atoms with E-state index in [1.807, 2.05) is 36.4 Å². The minimum Gasteiger partial charge on any atom is -0.496 e. The standard InChI is InChI=1S/C15H15ClO2/c1-10(17)14(16)9-13-12-6-4-3-5-11(12)7-8-15(13)18-2/h3-8,14H,9H2,1-2H3. The third-order valence-electron chi connectivity index (χ3n) is 3.04. The van der Waals surface area contributed by atoms with Gasteiger partial charge in [0.15, 0.2) is 0 Å². The zero-order valence-electron chi connectivity index (χ0n) is 10.4. The largest absolute Gasteiger partial charge is 0.496 e. The van der Waals surface area contributed by atoms with Crippen molar-refractivity contribution in [1.29, 1.82) is 0 Å². The van der Waals surface area contributed by atoms with Crippen LogP contribution in [0.5, 0.6) is 5.75 Å². The Morgan fingerprint density at radius 2 is 2.00 bits per heavy atom. The van der Waals surface area contributed by atoms with E-state index in [1.165, 1.54) is 6.92 Å². The Kier molecular flexibility index (Phi) is 3.87. The fourth-order valence-electron chi connectivity index (χ4n) is 2.04. The predicted molar refractivity (Wildman–Crippen MR) is 74.5 cm³/mol. The summed E-state index contributed by atoms with van der Waals surface area (Å²) in [5.41, 5.74) is 0.991. The van der Waals surface area contributed by atoms with Crippen LogP contribution in [0.3, 0.4) is 0 Å². The van der Waals surface area contributed by atoms with Crippen molar-refractivity contribution in [3.05, 3.63) is 42.0 Å². The monoisotopic (exact) mass is 262 g/mol. The van der Waals surface area contributed by atoms with Crippen LogP contribution in [0.1, 0.15) is 12.5 Å². The number of methoxy groups -OCH3 is 1. The van der Waals surface area contributed by atoms with Crippen LogP contribution >= 0.6 is 11.6 Å². The van der Waals surface area contributed by atoms with Gasteiger partial charge in [-0.25, -0.2) is 0 Å².